The second-order valence-corrected chi connectivity index (χ2v) is 5.50. The predicted octanol–water partition coefficient (Wildman–Crippen LogP) is 0.817. The number of aromatic nitrogens is 1. The molecule has 1 aliphatic rings. The lowest BCUT2D eigenvalue weighted by molar-refractivity contribution is -0.121. The van der Waals surface area contributed by atoms with Crippen LogP contribution in [0.25, 0.3) is 10.9 Å². The van der Waals surface area contributed by atoms with Crippen molar-refractivity contribution < 1.29 is 9.59 Å². The maximum absolute atomic E-state index is 12.0. The molecule has 0 unspecified atom stereocenters. The van der Waals surface area contributed by atoms with Gasteiger partial charge in [-0.05, 0) is 36.4 Å². The van der Waals surface area contributed by atoms with Gasteiger partial charge in [-0.25, -0.2) is 0 Å². The fourth-order valence-corrected chi connectivity index (χ4v) is 2.25. The van der Waals surface area contributed by atoms with Crippen molar-refractivity contribution in [1.82, 2.24) is 9.88 Å². The SMILES string of the molecule is CNC(=O)Cn1ccc2ccc(NC(=O)C3(N)CC3)cc21. The lowest BCUT2D eigenvalue weighted by atomic mass is 10.2. The van der Waals surface area contributed by atoms with E-state index in [0.717, 1.165) is 23.7 Å². The van der Waals surface area contributed by atoms with Gasteiger partial charge in [-0.1, -0.05) is 6.07 Å². The van der Waals surface area contributed by atoms with Crippen molar-refractivity contribution in [3.8, 4) is 0 Å². The number of nitrogens with zero attached hydrogens (tertiary/aromatic N) is 1. The molecule has 1 saturated carbocycles. The summed E-state index contributed by atoms with van der Waals surface area (Å²) >= 11 is 0. The molecule has 0 spiro atoms. The van der Waals surface area contributed by atoms with E-state index in [0.29, 0.717) is 5.69 Å². The molecule has 0 saturated heterocycles. The van der Waals surface area contributed by atoms with E-state index < -0.39 is 5.54 Å². The first-order valence-corrected chi connectivity index (χ1v) is 6.92. The highest BCUT2D eigenvalue weighted by molar-refractivity contribution is 6.01. The summed E-state index contributed by atoms with van der Waals surface area (Å²) in [7, 11) is 1.61. The van der Waals surface area contributed by atoms with Crippen LogP contribution in [0, 0.1) is 0 Å². The number of anilines is 1. The van der Waals surface area contributed by atoms with Crippen LogP contribution in [0.5, 0.6) is 0 Å². The van der Waals surface area contributed by atoms with E-state index >= 15 is 0 Å². The number of hydrogen-bond donors (Lipinski definition) is 3. The van der Waals surface area contributed by atoms with Gasteiger partial charge in [-0.3, -0.25) is 9.59 Å². The Labute approximate surface area is 122 Å². The number of hydrogen-bond acceptors (Lipinski definition) is 3. The third kappa shape index (κ3) is 2.62. The molecule has 21 heavy (non-hydrogen) atoms. The maximum Gasteiger partial charge on any atom is 0.244 e. The van der Waals surface area contributed by atoms with Gasteiger partial charge in [0.05, 0.1) is 11.1 Å². The largest absolute Gasteiger partial charge is 0.358 e. The fourth-order valence-electron chi connectivity index (χ4n) is 2.25. The summed E-state index contributed by atoms with van der Waals surface area (Å²) in [5.74, 6) is -0.216. The molecular formula is C15H18N4O2. The number of amides is 2. The number of nitrogens with two attached hydrogens (primary N) is 1. The first-order chi connectivity index (χ1) is 10.0. The number of carbonyl (C=O) groups is 2. The second-order valence-electron chi connectivity index (χ2n) is 5.50. The van der Waals surface area contributed by atoms with Gasteiger partial charge in [0.25, 0.3) is 0 Å². The van der Waals surface area contributed by atoms with Gasteiger partial charge in [0.15, 0.2) is 0 Å². The first kappa shape index (κ1) is 13.6. The monoisotopic (exact) mass is 286 g/mol. The van der Waals surface area contributed by atoms with Crippen LogP contribution in [0.4, 0.5) is 5.69 Å². The number of benzene rings is 1. The van der Waals surface area contributed by atoms with Crippen LogP contribution < -0.4 is 16.4 Å². The van der Waals surface area contributed by atoms with Crippen LogP contribution in [0.2, 0.25) is 0 Å². The van der Waals surface area contributed by atoms with Crippen molar-refractivity contribution in [3.05, 3.63) is 30.5 Å². The average molecular weight is 286 g/mol. The van der Waals surface area contributed by atoms with E-state index in [2.05, 4.69) is 10.6 Å². The zero-order valence-corrected chi connectivity index (χ0v) is 11.8. The summed E-state index contributed by atoms with van der Waals surface area (Å²) in [4.78, 5) is 23.5. The Balaban J connectivity index is 1.86. The van der Waals surface area contributed by atoms with E-state index in [9.17, 15) is 9.59 Å². The molecule has 0 aliphatic heterocycles. The molecule has 2 amide bonds. The highest BCUT2D eigenvalue weighted by atomic mass is 16.2. The Kier molecular flexibility index (Phi) is 3.17. The summed E-state index contributed by atoms with van der Waals surface area (Å²) in [6.45, 7) is 0.248. The van der Waals surface area contributed by atoms with Crippen LogP contribution in [0.3, 0.4) is 0 Å². The standard InChI is InChI=1S/C15H18N4O2/c1-17-13(20)9-19-7-4-10-2-3-11(8-12(10)19)18-14(21)15(16)5-6-15/h2-4,7-8H,5-6,9,16H2,1H3,(H,17,20)(H,18,21). The van der Waals surface area contributed by atoms with Crippen molar-refractivity contribution in [2.24, 2.45) is 5.73 Å². The van der Waals surface area contributed by atoms with Gasteiger partial charge in [0, 0.05) is 18.9 Å². The summed E-state index contributed by atoms with van der Waals surface area (Å²) < 4.78 is 1.85. The smallest absolute Gasteiger partial charge is 0.244 e. The maximum atomic E-state index is 12.0. The Morgan fingerprint density at radius 3 is 2.76 bits per heavy atom. The Morgan fingerprint density at radius 2 is 2.10 bits per heavy atom. The fraction of sp³-hybridized carbons (Fsp3) is 0.333. The minimum absolute atomic E-state index is 0.0687. The van der Waals surface area contributed by atoms with Crippen molar-refractivity contribution in [3.63, 3.8) is 0 Å². The van der Waals surface area contributed by atoms with Crippen molar-refractivity contribution >= 4 is 28.4 Å². The van der Waals surface area contributed by atoms with E-state index in [1.54, 1.807) is 7.05 Å². The topological polar surface area (TPSA) is 89.2 Å². The normalized spacial score (nSPS) is 15.7. The van der Waals surface area contributed by atoms with Crippen LogP contribution in [0.1, 0.15) is 12.8 Å². The Morgan fingerprint density at radius 1 is 1.33 bits per heavy atom. The molecule has 110 valence electrons. The molecule has 6 nitrogen and oxygen atoms in total. The molecule has 0 atom stereocenters. The molecule has 1 aromatic heterocycles. The molecule has 3 rings (SSSR count). The molecule has 0 radical (unpaired) electrons. The van der Waals surface area contributed by atoms with Gasteiger partial charge in [0.1, 0.15) is 6.54 Å². The molecule has 1 aromatic carbocycles. The number of nitrogens with one attached hydrogen (secondary N) is 2. The van der Waals surface area contributed by atoms with Crippen molar-refractivity contribution in [1.29, 1.82) is 0 Å². The van der Waals surface area contributed by atoms with Gasteiger partial charge in [-0.2, -0.15) is 0 Å². The van der Waals surface area contributed by atoms with Crippen molar-refractivity contribution in [2.75, 3.05) is 12.4 Å². The number of carbonyl (C=O) groups excluding carboxylic acids is 2. The van der Waals surface area contributed by atoms with Crippen LogP contribution in [-0.4, -0.2) is 29.0 Å². The minimum atomic E-state index is -0.695. The number of fused-ring (bicyclic) bond motifs is 1. The van der Waals surface area contributed by atoms with E-state index in [1.165, 1.54) is 0 Å². The molecular weight excluding hydrogens is 268 g/mol. The highest BCUT2D eigenvalue weighted by Gasteiger charge is 2.45. The quantitative estimate of drug-likeness (QED) is 0.777. The second kappa shape index (κ2) is 4.89. The summed E-state index contributed by atoms with van der Waals surface area (Å²) in [5.41, 5.74) is 6.78. The highest BCUT2D eigenvalue weighted by Crippen LogP contribution is 2.33. The van der Waals surface area contributed by atoms with Gasteiger partial charge < -0.3 is 20.9 Å². The molecule has 1 aliphatic carbocycles. The van der Waals surface area contributed by atoms with Crippen LogP contribution >= 0.6 is 0 Å². The van der Waals surface area contributed by atoms with E-state index in [1.807, 2.05) is 35.0 Å². The first-order valence-electron chi connectivity index (χ1n) is 6.92. The molecule has 2 aromatic rings. The molecule has 4 N–H and O–H groups in total. The third-order valence-corrected chi connectivity index (χ3v) is 3.87. The lowest BCUT2D eigenvalue weighted by Crippen LogP contribution is -2.37. The average Bonchev–Trinajstić information content (AvgIpc) is 3.11. The minimum Gasteiger partial charge on any atom is -0.358 e. The van der Waals surface area contributed by atoms with Crippen LogP contribution in [-0.2, 0) is 16.1 Å². The summed E-state index contributed by atoms with van der Waals surface area (Å²) in [6, 6.07) is 7.56. The summed E-state index contributed by atoms with van der Waals surface area (Å²) in [6.07, 6.45) is 3.32. The Hall–Kier alpha value is -2.34. The van der Waals surface area contributed by atoms with E-state index in [4.69, 9.17) is 5.73 Å². The van der Waals surface area contributed by atoms with Gasteiger partial charge in [0.2, 0.25) is 11.8 Å². The zero-order chi connectivity index (χ0) is 15.0. The van der Waals surface area contributed by atoms with Crippen molar-refractivity contribution in [2.45, 2.75) is 24.9 Å². The van der Waals surface area contributed by atoms with Gasteiger partial charge in [-0.15, -0.1) is 0 Å². The molecule has 1 heterocycles. The lowest BCUT2D eigenvalue weighted by Gasteiger charge is -2.11. The van der Waals surface area contributed by atoms with E-state index in [-0.39, 0.29) is 18.4 Å². The summed E-state index contributed by atoms with van der Waals surface area (Å²) in [5, 5.41) is 6.46. The van der Waals surface area contributed by atoms with Crippen LogP contribution in [0.15, 0.2) is 30.5 Å². The number of likely N-dealkylation sites (N-methyl/N-ethyl adjacent to an activating group) is 1. The third-order valence-electron chi connectivity index (χ3n) is 3.87. The molecule has 1 fully saturated rings. The molecule has 0 bridgehead atoms. The van der Waals surface area contributed by atoms with Gasteiger partial charge >= 0.3 is 0 Å². The number of rotatable bonds is 4. The predicted molar refractivity (Wildman–Crippen MR) is 80.8 cm³/mol. The molecule has 6 heteroatoms. The zero-order valence-electron chi connectivity index (χ0n) is 11.8. The Bertz CT molecular complexity index is 716.